The summed E-state index contributed by atoms with van der Waals surface area (Å²) in [5.41, 5.74) is 6.78. The van der Waals surface area contributed by atoms with E-state index in [-0.39, 0.29) is 18.8 Å². The summed E-state index contributed by atoms with van der Waals surface area (Å²) >= 11 is 1.26. The maximum atomic E-state index is 10.9. The fourth-order valence-electron chi connectivity index (χ4n) is 1.04. The third-order valence-corrected chi connectivity index (χ3v) is 2.48. The van der Waals surface area contributed by atoms with Crippen LogP contribution in [0.3, 0.4) is 0 Å². The molecule has 0 bridgehead atoms. The highest BCUT2D eigenvalue weighted by Gasteiger charge is 2.19. The first-order valence-electron chi connectivity index (χ1n) is 4.39. The molecule has 0 saturated carbocycles. The minimum atomic E-state index is -1.18. The summed E-state index contributed by atoms with van der Waals surface area (Å²) in [5.74, 6) is -0.862. The smallest absolute Gasteiger partial charge is 0.413 e. The van der Waals surface area contributed by atoms with Crippen LogP contribution in [0.25, 0.3) is 0 Å². The van der Waals surface area contributed by atoms with E-state index in [0.29, 0.717) is 0 Å². The summed E-state index contributed by atoms with van der Waals surface area (Å²) < 4.78 is 0. The topological polar surface area (TPSA) is 117 Å². The minimum Gasteiger partial charge on any atom is -0.480 e. The van der Waals surface area contributed by atoms with Crippen molar-refractivity contribution in [2.45, 2.75) is 12.5 Å². The number of aliphatic carboxylic acids is 1. The van der Waals surface area contributed by atoms with Gasteiger partial charge in [-0.25, -0.2) is 9.78 Å². The maximum Gasteiger partial charge on any atom is 0.413 e. The predicted molar refractivity (Wildman–Crippen MR) is 57.7 cm³/mol. The van der Waals surface area contributed by atoms with Gasteiger partial charge < -0.3 is 15.9 Å². The van der Waals surface area contributed by atoms with Crippen LogP contribution in [0.1, 0.15) is 6.42 Å². The summed E-state index contributed by atoms with van der Waals surface area (Å²) in [7, 11) is 0. The number of aromatic nitrogens is 1. The van der Waals surface area contributed by atoms with Crippen molar-refractivity contribution >= 4 is 29.2 Å². The second-order valence-electron chi connectivity index (χ2n) is 3.01. The van der Waals surface area contributed by atoms with Crippen molar-refractivity contribution in [3.8, 4) is 0 Å². The highest BCUT2D eigenvalue weighted by atomic mass is 32.1. The van der Waals surface area contributed by atoms with E-state index in [9.17, 15) is 9.59 Å². The quantitative estimate of drug-likeness (QED) is 0.692. The first kappa shape index (κ1) is 12.4. The molecular weight excluding hydrogens is 234 g/mol. The molecule has 0 unspecified atom stereocenters. The molecule has 8 heteroatoms. The Labute approximate surface area is 95.1 Å². The van der Waals surface area contributed by atoms with Crippen LogP contribution in [0, 0.1) is 0 Å². The van der Waals surface area contributed by atoms with E-state index in [1.165, 1.54) is 16.8 Å². The summed E-state index contributed by atoms with van der Waals surface area (Å²) in [6.45, 7) is 0.00648. The molecule has 7 nitrogen and oxygen atoms in total. The molecule has 0 aromatic carbocycles. The van der Waals surface area contributed by atoms with Crippen LogP contribution in [0.15, 0.2) is 10.9 Å². The Morgan fingerprint density at radius 3 is 2.69 bits per heavy atom. The predicted octanol–water partition coefficient (Wildman–Crippen LogP) is 0.429. The average molecular weight is 245 g/mol. The Bertz CT molecular complexity index is 367. The number of nitrogens with zero attached hydrogens (tertiary/aromatic N) is 2. The van der Waals surface area contributed by atoms with Crippen molar-refractivity contribution in [1.82, 2.24) is 4.98 Å². The van der Waals surface area contributed by atoms with Crippen molar-refractivity contribution in [3.63, 3.8) is 0 Å². The molecule has 4 N–H and O–H groups in total. The van der Waals surface area contributed by atoms with Gasteiger partial charge in [0.05, 0.1) is 5.51 Å². The molecule has 0 saturated heterocycles. The van der Waals surface area contributed by atoms with Gasteiger partial charge >= 0.3 is 12.1 Å². The summed E-state index contributed by atoms with van der Waals surface area (Å²) in [4.78, 5) is 26.2. The van der Waals surface area contributed by atoms with Gasteiger partial charge in [0.15, 0.2) is 0 Å². The van der Waals surface area contributed by atoms with Crippen LogP contribution in [0.2, 0.25) is 0 Å². The summed E-state index contributed by atoms with van der Waals surface area (Å²) in [6, 6.07) is -1.07. The lowest BCUT2D eigenvalue weighted by Gasteiger charge is -2.17. The SMILES string of the molecule is N[C@@H](CCN(C(=O)O)c1cscn1)C(=O)O. The first-order chi connectivity index (χ1) is 7.52. The number of thiazole rings is 1. The van der Waals surface area contributed by atoms with Crippen molar-refractivity contribution in [3.05, 3.63) is 10.9 Å². The van der Waals surface area contributed by atoms with Gasteiger partial charge in [0.25, 0.3) is 0 Å². The molecule has 1 heterocycles. The molecule has 16 heavy (non-hydrogen) atoms. The van der Waals surface area contributed by atoms with Crippen LogP contribution < -0.4 is 10.6 Å². The Morgan fingerprint density at radius 1 is 1.56 bits per heavy atom. The number of anilines is 1. The molecule has 1 aromatic heterocycles. The average Bonchev–Trinajstić information content (AvgIpc) is 2.70. The zero-order valence-corrected chi connectivity index (χ0v) is 9.05. The van der Waals surface area contributed by atoms with Gasteiger partial charge in [0.1, 0.15) is 11.9 Å². The summed E-state index contributed by atoms with van der Waals surface area (Å²) in [6.07, 6.45) is -1.14. The van der Waals surface area contributed by atoms with E-state index < -0.39 is 18.1 Å². The van der Waals surface area contributed by atoms with Crippen molar-refractivity contribution in [2.24, 2.45) is 5.73 Å². The van der Waals surface area contributed by atoms with Gasteiger partial charge in [-0.15, -0.1) is 11.3 Å². The lowest BCUT2D eigenvalue weighted by molar-refractivity contribution is -0.138. The molecule has 0 fully saturated rings. The van der Waals surface area contributed by atoms with E-state index in [2.05, 4.69) is 4.98 Å². The fraction of sp³-hybridized carbons (Fsp3) is 0.375. The monoisotopic (exact) mass is 245 g/mol. The van der Waals surface area contributed by atoms with E-state index >= 15 is 0 Å². The van der Waals surface area contributed by atoms with Crippen molar-refractivity contribution in [2.75, 3.05) is 11.4 Å². The molecule has 0 spiro atoms. The van der Waals surface area contributed by atoms with Gasteiger partial charge in [0, 0.05) is 11.9 Å². The molecule has 0 radical (unpaired) electrons. The van der Waals surface area contributed by atoms with Gasteiger partial charge in [-0.05, 0) is 6.42 Å². The number of hydrogen-bond acceptors (Lipinski definition) is 5. The van der Waals surface area contributed by atoms with Gasteiger partial charge in [-0.1, -0.05) is 0 Å². The number of amides is 1. The molecule has 0 aliphatic heterocycles. The maximum absolute atomic E-state index is 10.9. The van der Waals surface area contributed by atoms with E-state index in [1.807, 2.05) is 0 Å². The van der Waals surface area contributed by atoms with E-state index in [0.717, 1.165) is 4.90 Å². The molecule has 1 atom stereocenters. The van der Waals surface area contributed by atoms with Crippen LogP contribution in [0.5, 0.6) is 0 Å². The lowest BCUT2D eigenvalue weighted by atomic mass is 10.2. The van der Waals surface area contributed by atoms with Crippen LogP contribution in [-0.2, 0) is 4.79 Å². The minimum absolute atomic E-state index is 0.00648. The van der Waals surface area contributed by atoms with Gasteiger partial charge in [-0.3, -0.25) is 9.69 Å². The van der Waals surface area contributed by atoms with Crippen molar-refractivity contribution < 1.29 is 19.8 Å². The van der Waals surface area contributed by atoms with Gasteiger partial charge in [-0.2, -0.15) is 0 Å². The van der Waals surface area contributed by atoms with Crippen LogP contribution >= 0.6 is 11.3 Å². The third kappa shape index (κ3) is 3.17. The second kappa shape index (κ2) is 5.42. The number of nitrogens with two attached hydrogens (primary N) is 1. The largest absolute Gasteiger partial charge is 0.480 e. The standard InChI is InChI=1S/C8H11N3O4S/c9-5(7(12)13)1-2-11(8(14)15)6-3-16-4-10-6/h3-5H,1-2,9H2,(H,12,13)(H,14,15)/t5-/m0/s1. The number of hydrogen-bond donors (Lipinski definition) is 3. The van der Waals surface area contributed by atoms with Gasteiger partial charge in [0.2, 0.25) is 0 Å². The highest BCUT2D eigenvalue weighted by molar-refractivity contribution is 7.07. The van der Waals surface area contributed by atoms with Crippen LogP contribution in [0.4, 0.5) is 10.6 Å². The first-order valence-corrected chi connectivity index (χ1v) is 5.33. The fourth-order valence-corrected chi connectivity index (χ4v) is 1.58. The Balaban J connectivity index is 2.60. The molecule has 1 rings (SSSR count). The molecule has 1 amide bonds. The second-order valence-corrected chi connectivity index (χ2v) is 3.73. The van der Waals surface area contributed by atoms with E-state index in [1.54, 1.807) is 5.38 Å². The van der Waals surface area contributed by atoms with E-state index in [4.69, 9.17) is 15.9 Å². The molecular formula is C8H11N3O4S. The molecule has 1 aromatic rings. The highest BCUT2D eigenvalue weighted by Crippen LogP contribution is 2.14. The number of carboxylic acids is 1. The third-order valence-electron chi connectivity index (χ3n) is 1.91. The Hall–Kier alpha value is -1.67. The molecule has 0 aliphatic carbocycles. The van der Waals surface area contributed by atoms with Crippen molar-refractivity contribution in [1.29, 1.82) is 0 Å². The Morgan fingerprint density at radius 2 is 2.25 bits per heavy atom. The molecule has 0 aliphatic rings. The Kier molecular flexibility index (Phi) is 4.20. The number of rotatable bonds is 5. The summed E-state index contributed by atoms with van der Waals surface area (Å²) in [5, 5.41) is 19.0. The zero-order valence-electron chi connectivity index (χ0n) is 8.24. The molecule has 88 valence electrons. The van der Waals surface area contributed by atoms with Crippen LogP contribution in [-0.4, -0.2) is 39.8 Å². The normalized spacial score (nSPS) is 12.1. The zero-order chi connectivity index (χ0) is 12.1. The number of carbonyl (C=O) groups is 2. The lowest BCUT2D eigenvalue weighted by Crippen LogP contribution is -2.37. The number of carboxylic acid groups (broad SMARTS) is 2.